The van der Waals surface area contributed by atoms with Crippen molar-refractivity contribution in [3.05, 3.63) is 24.3 Å². The van der Waals surface area contributed by atoms with Crippen LogP contribution in [0.4, 0.5) is 20.2 Å². The lowest BCUT2D eigenvalue weighted by Gasteiger charge is -2.08. The highest BCUT2D eigenvalue weighted by molar-refractivity contribution is 5.96. The minimum atomic E-state index is -3.06. The number of carbonyl (C=O) groups is 2. The van der Waals surface area contributed by atoms with Gasteiger partial charge in [-0.3, -0.25) is 9.59 Å². The van der Waals surface area contributed by atoms with Crippen molar-refractivity contribution in [2.45, 2.75) is 19.3 Å². The van der Waals surface area contributed by atoms with E-state index in [0.717, 1.165) is 12.8 Å². The number of hydrogen-bond acceptors (Lipinski definition) is 2. The van der Waals surface area contributed by atoms with Crippen molar-refractivity contribution >= 4 is 23.2 Å². The summed E-state index contributed by atoms with van der Waals surface area (Å²) in [6.07, 6.45) is -1.30. The fraction of sp³-hybridized carbons (Fsp3) is 0.333. The fourth-order valence-corrected chi connectivity index (χ4v) is 1.46. The molecule has 0 aromatic heterocycles. The van der Waals surface area contributed by atoms with E-state index in [1.807, 2.05) is 0 Å². The second-order valence-electron chi connectivity index (χ2n) is 4.13. The van der Waals surface area contributed by atoms with Gasteiger partial charge in [0.1, 0.15) is 0 Å². The monoisotopic (exact) mass is 254 g/mol. The molecule has 1 aliphatic carbocycles. The van der Waals surface area contributed by atoms with Gasteiger partial charge in [-0.25, -0.2) is 0 Å². The molecule has 96 valence electrons. The number of hydrogen-bond donors (Lipinski definition) is 2. The largest absolute Gasteiger partial charge is 0.326 e. The normalized spacial score (nSPS) is 14.4. The highest BCUT2D eigenvalue weighted by Gasteiger charge is 2.29. The molecule has 0 unspecified atom stereocenters. The predicted molar refractivity (Wildman–Crippen MR) is 62.4 cm³/mol. The smallest absolute Gasteiger partial charge is 0.315 e. The number of carbonyl (C=O) groups excluding carboxylic acids is 2. The van der Waals surface area contributed by atoms with Crippen LogP contribution in [0.15, 0.2) is 24.3 Å². The molecule has 0 radical (unpaired) electrons. The van der Waals surface area contributed by atoms with Gasteiger partial charge in [-0.2, -0.15) is 8.78 Å². The number of nitrogens with one attached hydrogen (secondary N) is 2. The first-order valence-corrected chi connectivity index (χ1v) is 5.56. The summed E-state index contributed by atoms with van der Waals surface area (Å²) < 4.78 is 24.1. The molecule has 0 aliphatic heterocycles. The van der Waals surface area contributed by atoms with Crippen LogP contribution in [0, 0.1) is 5.92 Å². The molecule has 2 amide bonds. The first-order valence-electron chi connectivity index (χ1n) is 5.56. The standard InChI is InChI=1S/C12H12F2N2O2/c13-10(14)12(18)16-9-3-1-2-8(6-9)15-11(17)7-4-5-7/h1-3,6-7,10H,4-5H2,(H,15,17)(H,16,18). The average Bonchev–Trinajstić information content (AvgIpc) is 3.12. The van der Waals surface area contributed by atoms with Gasteiger partial charge in [-0.1, -0.05) is 6.07 Å². The molecule has 1 fully saturated rings. The van der Waals surface area contributed by atoms with E-state index in [1.54, 1.807) is 12.1 Å². The van der Waals surface area contributed by atoms with E-state index >= 15 is 0 Å². The van der Waals surface area contributed by atoms with Gasteiger partial charge in [0, 0.05) is 17.3 Å². The Morgan fingerprint density at radius 1 is 1.17 bits per heavy atom. The molecule has 0 saturated heterocycles. The fourth-order valence-electron chi connectivity index (χ4n) is 1.46. The summed E-state index contributed by atoms with van der Waals surface area (Å²) in [6, 6.07) is 6.13. The third-order valence-electron chi connectivity index (χ3n) is 2.54. The molecule has 0 atom stereocenters. The van der Waals surface area contributed by atoms with Gasteiger partial charge in [0.25, 0.3) is 5.91 Å². The molecule has 4 nitrogen and oxygen atoms in total. The quantitative estimate of drug-likeness (QED) is 0.865. The third-order valence-corrected chi connectivity index (χ3v) is 2.54. The summed E-state index contributed by atoms with van der Waals surface area (Å²) in [5.41, 5.74) is 0.716. The molecular formula is C12H12F2N2O2. The molecule has 0 heterocycles. The van der Waals surface area contributed by atoms with Crippen LogP contribution >= 0.6 is 0 Å². The molecule has 1 saturated carbocycles. The maximum atomic E-state index is 12.1. The van der Waals surface area contributed by atoms with Crippen LogP contribution in [0.1, 0.15) is 12.8 Å². The van der Waals surface area contributed by atoms with Gasteiger partial charge in [0.2, 0.25) is 5.91 Å². The van der Waals surface area contributed by atoms with E-state index < -0.39 is 12.3 Å². The molecule has 2 N–H and O–H groups in total. The van der Waals surface area contributed by atoms with Crippen LogP contribution in [0.25, 0.3) is 0 Å². The SMILES string of the molecule is O=C(Nc1cccc(NC(=O)C2CC2)c1)C(F)F. The summed E-state index contributed by atoms with van der Waals surface area (Å²) in [6.45, 7) is 0. The number of anilines is 2. The van der Waals surface area contributed by atoms with Crippen molar-refractivity contribution in [2.24, 2.45) is 5.92 Å². The highest BCUT2D eigenvalue weighted by atomic mass is 19.3. The topological polar surface area (TPSA) is 58.2 Å². The van der Waals surface area contributed by atoms with Crippen LogP contribution in [-0.4, -0.2) is 18.2 Å². The molecule has 6 heteroatoms. The van der Waals surface area contributed by atoms with Crippen LogP contribution in [0.2, 0.25) is 0 Å². The third kappa shape index (κ3) is 3.26. The van der Waals surface area contributed by atoms with Gasteiger partial charge in [0.15, 0.2) is 0 Å². The van der Waals surface area contributed by atoms with E-state index in [2.05, 4.69) is 10.6 Å². The Morgan fingerprint density at radius 3 is 2.33 bits per heavy atom. The maximum Gasteiger partial charge on any atom is 0.315 e. The Morgan fingerprint density at radius 2 is 1.78 bits per heavy atom. The average molecular weight is 254 g/mol. The van der Waals surface area contributed by atoms with Crippen molar-refractivity contribution in [1.29, 1.82) is 0 Å². The molecule has 0 spiro atoms. The Bertz CT molecular complexity index is 442. The number of rotatable bonds is 4. The molecule has 1 aliphatic rings. The zero-order valence-corrected chi connectivity index (χ0v) is 9.45. The highest BCUT2D eigenvalue weighted by Crippen LogP contribution is 2.30. The summed E-state index contributed by atoms with van der Waals surface area (Å²) in [5.74, 6) is -1.38. The Kier molecular flexibility index (Phi) is 3.55. The molecule has 1 aromatic rings. The van der Waals surface area contributed by atoms with E-state index in [4.69, 9.17) is 0 Å². The summed E-state index contributed by atoms with van der Waals surface area (Å²) in [4.78, 5) is 22.3. The van der Waals surface area contributed by atoms with E-state index in [0.29, 0.717) is 5.69 Å². The van der Waals surface area contributed by atoms with Crippen molar-refractivity contribution in [3.63, 3.8) is 0 Å². The predicted octanol–water partition coefficient (Wildman–Crippen LogP) is 2.24. The molecule has 0 bridgehead atoms. The minimum Gasteiger partial charge on any atom is -0.326 e. The summed E-state index contributed by atoms with van der Waals surface area (Å²) in [7, 11) is 0. The first-order chi connectivity index (χ1) is 8.56. The number of alkyl halides is 2. The lowest BCUT2D eigenvalue weighted by molar-refractivity contribution is -0.126. The second kappa shape index (κ2) is 5.12. The van der Waals surface area contributed by atoms with Gasteiger partial charge >= 0.3 is 6.43 Å². The lowest BCUT2D eigenvalue weighted by atomic mass is 10.2. The van der Waals surface area contributed by atoms with E-state index in [9.17, 15) is 18.4 Å². The first kappa shape index (κ1) is 12.5. The Hall–Kier alpha value is -1.98. The zero-order valence-electron chi connectivity index (χ0n) is 9.45. The van der Waals surface area contributed by atoms with Crippen molar-refractivity contribution in [3.8, 4) is 0 Å². The maximum absolute atomic E-state index is 12.1. The van der Waals surface area contributed by atoms with Crippen LogP contribution in [0.3, 0.4) is 0 Å². The minimum absolute atomic E-state index is 0.0595. The van der Waals surface area contributed by atoms with Gasteiger partial charge in [-0.05, 0) is 31.0 Å². The Labute approximate surface area is 102 Å². The van der Waals surface area contributed by atoms with Gasteiger partial charge < -0.3 is 10.6 Å². The summed E-state index contributed by atoms with van der Waals surface area (Å²) in [5, 5.41) is 4.73. The zero-order chi connectivity index (χ0) is 13.1. The van der Waals surface area contributed by atoms with E-state index in [1.165, 1.54) is 12.1 Å². The van der Waals surface area contributed by atoms with Gasteiger partial charge in [0.05, 0.1) is 0 Å². The van der Waals surface area contributed by atoms with Gasteiger partial charge in [-0.15, -0.1) is 0 Å². The molecule has 18 heavy (non-hydrogen) atoms. The number of benzene rings is 1. The molecular weight excluding hydrogens is 242 g/mol. The van der Waals surface area contributed by atoms with Crippen LogP contribution in [0.5, 0.6) is 0 Å². The Balaban J connectivity index is 2.00. The number of halogens is 2. The van der Waals surface area contributed by atoms with Crippen molar-refractivity contribution < 1.29 is 18.4 Å². The second-order valence-corrected chi connectivity index (χ2v) is 4.13. The molecule has 1 aromatic carbocycles. The van der Waals surface area contributed by atoms with E-state index in [-0.39, 0.29) is 17.5 Å². The van der Waals surface area contributed by atoms with Crippen LogP contribution < -0.4 is 10.6 Å². The lowest BCUT2D eigenvalue weighted by Crippen LogP contribution is -2.20. The number of amides is 2. The van der Waals surface area contributed by atoms with Crippen molar-refractivity contribution in [2.75, 3.05) is 10.6 Å². The summed E-state index contributed by atoms with van der Waals surface area (Å²) >= 11 is 0. The molecule has 2 rings (SSSR count). The van der Waals surface area contributed by atoms with Crippen LogP contribution in [-0.2, 0) is 9.59 Å². The van der Waals surface area contributed by atoms with Crippen molar-refractivity contribution in [1.82, 2.24) is 0 Å².